The van der Waals surface area contributed by atoms with Crippen LogP contribution in [0.2, 0.25) is 0 Å². The van der Waals surface area contributed by atoms with Crippen LogP contribution < -0.4 is 0 Å². The lowest BCUT2D eigenvalue weighted by atomic mass is 10.2. The fraction of sp³-hybridized carbons (Fsp3) is 0.615. The second kappa shape index (κ2) is 7.97. The summed E-state index contributed by atoms with van der Waals surface area (Å²) in [5, 5.41) is 0. The monoisotopic (exact) mass is 224 g/mol. The Kier molecular flexibility index (Phi) is 6.38. The van der Waals surface area contributed by atoms with Gasteiger partial charge in [0.15, 0.2) is 0 Å². The average Bonchev–Trinajstić information content (AvgIpc) is 2.79. The average molecular weight is 224 g/mol. The van der Waals surface area contributed by atoms with Gasteiger partial charge >= 0.3 is 5.97 Å². The molecule has 1 aromatic heterocycles. The Balaban J connectivity index is 1.99. The van der Waals surface area contributed by atoms with Gasteiger partial charge in [0.1, 0.15) is 5.76 Å². The number of aryl methyl sites for hydroxylation is 1. The maximum atomic E-state index is 11.3. The Bertz CT molecular complexity index is 277. The predicted molar refractivity (Wildman–Crippen MR) is 62.1 cm³/mol. The first kappa shape index (κ1) is 12.8. The van der Waals surface area contributed by atoms with Crippen LogP contribution >= 0.6 is 0 Å². The van der Waals surface area contributed by atoms with Crippen LogP contribution in [0, 0.1) is 0 Å². The first-order valence-electron chi connectivity index (χ1n) is 6.01. The van der Waals surface area contributed by atoms with Gasteiger partial charge < -0.3 is 9.15 Å². The molecule has 0 saturated carbocycles. The Hall–Kier alpha value is -1.25. The zero-order valence-electron chi connectivity index (χ0n) is 9.91. The van der Waals surface area contributed by atoms with Crippen molar-refractivity contribution in [2.75, 3.05) is 6.61 Å². The van der Waals surface area contributed by atoms with Gasteiger partial charge in [-0.1, -0.05) is 26.2 Å². The number of hydrogen-bond acceptors (Lipinski definition) is 3. The third-order valence-corrected chi connectivity index (χ3v) is 2.42. The lowest BCUT2D eigenvalue weighted by Crippen LogP contribution is -2.06. The number of esters is 1. The van der Waals surface area contributed by atoms with E-state index in [0.717, 1.165) is 18.6 Å². The molecule has 0 amide bonds. The standard InChI is InChI=1S/C13H20O3/c1-2-3-4-5-10-16-13(14)9-8-12-7-6-11-15-12/h6-7,11H,2-5,8-10H2,1H3. The molecule has 3 nitrogen and oxygen atoms in total. The second-order valence-corrected chi connectivity index (χ2v) is 3.86. The Morgan fingerprint density at radius 1 is 1.38 bits per heavy atom. The normalized spacial score (nSPS) is 10.3. The molecule has 1 rings (SSSR count). The van der Waals surface area contributed by atoms with Crippen LogP contribution in [-0.2, 0) is 16.0 Å². The number of unbranched alkanes of at least 4 members (excludes halogenated alkanes) is 3. The van der Waals surface area contributed by atoms with Gasteiger partial charge in [0, 0.05) is 6.42 Å². The highest BCUT2D eigenvalue weighted by molar-refractivity contribution is 5.69. The van der Waals surface area contributed by atoms with Gasteiger partial charge in [-0.15, -0.1) is 0 Å². The Labute approximate surface area is 96.8 Å². The third kappa shape index (κ3) is 5.59. The van der Waals surface area contributed by atoms with Crippen LogP contribution in [0.1, 0.15) is 44.8 Å². The number of rotatable bonds is 8. The predicted octanol–water partition coefficient (Wildman–Crippen LogP) is 3.34. The highest BCUT2D eigenvalue weighted by Crippen LogP contribution is 2.05. The van der Waals surface area contributed by atoms with Crippen molar-refractivity contribution in [2.24, 2.45) is 0 Å². The van der Waals surface area contributed by atoms with Crippen LogP contribution in [-0.4, -0.2) is 12.6 Å². The molecule has 0 spiro atoms. The van der Waals surface area contributed by atoms with E-state index in [1.807, 2.05) is 12.1 Å². The topological polar surface area (TPSA) is 39.4 Å². The molecule has 0 unspecified atom stereocenters. The van der Waals surface area contributed by atoms with Gasteiger partial charge in [0.2, 0.25) is 0 Å². The van der Waals surface area contributed by atoms with Gasteiger partial charge in [-0.25, -0.2) is 0 Å². The zero-order valence-corrected chi connectivity index (χ0v) is 9.91. The van der Waals surface area contributed by atoms with Crippen molar-refractivity contribution in [1.29, 1.82) is 0 Å². The van der Waals surface area contributed by atoms with E-state index in [4.69, 9.17) is 9.15 Å². The van der Waals surface area contributed by atoms with Gasteiger partial charge in [0.25, 0.3) is 0 Å². The van der Waals surface area contributed by atoms with E-state index in [2.05, 4.69) is 6.92 Å². The number of ether oxygens (including phenoxy) is 1. The molecule has 0 bridgehead atoms. The highest BCUT2D eigenvalue weighted by Gasteiger charge is 2.04. The molecule has 0 radical (unpaired) electrons. The lowest BCUT2D eigenvalue weighted by Gasteiger charge is -2.03. The summed E-state index contributed by atoms with van der Waals surface area (Å²) >= 11 is 0. The summed E-state index contributed by atoms with van der Waals surface area (Å²) in [6.45, 7) is 2.71. The van der Waals surface area contributed by atoms with Crippen molar-refractivity contribution in [3.05, 3.63) is 24.2 Å². The summed E-state index contributed by atoms with van der Waals surface area (Å²) in [7, 11) is 0. The second-order valence-electron chi connectivity index (χ2n) is 3.86. The van der Waals surface area contributed by atoms with Crippen LogP contribution in [0.3, 0.4) is 0 Å². The molecular weight excluding hydrogens is 204 g/mol. The van der Waals surface area contributed by atoms with E-state index >= 15 is 0 Å². The summed E-state index contributed by atoms with van der Waals surface area (Å²) in [5.41, 5.74) is 0. The number of carbonyl (C=O) groups is 1. The molecule has 0 aromatic carbocycles. The Morgan fingerprint density at radius 3 is 2.94 bits per heavy atom. The lowest BCUT2D eigenvalue weighted by molar-refractivity contribution is -0.143. The summed E-state index contributed by atoms with van der Waals surface area (Å²) in [5.74, 6) is 0.704. The molecule has 0 saturated heterocycles. The minimum absolute atomic E-state index is 0.132. The van der Waals surface area contributed by atoms with Crippen molar-refractivity contribution in [1.82, 2.24) is 0 Å². The molecule has 0 aliphatic carbocycles. The fourth-order valence-electron chi connectivity index (χ4n) is 1.47. The van der Waals surface area contributed by atoms with Gasteiger partial charge in [-0.05, 0) is 18.6 Å². The summed E-state index contributed by atoms with van der Waals surface area (Å²) < 4.78 is 10.2. The summed E-state index contributed by atoms with van der Waals surface area (Å²) in [6, 6.07) is 3.69. The van der Waals surface area contributed by atoms with E-state index in [0.29, 0.717) is 19.4 Å². The van der Waals surface area contributed by atoms with Crippen molar-refractivity contribution >= 4 is 5.97 Å². The van der Waals surface area contributed by atoms with Gasteiger partial charge in [-0.3, -0.25) is 4.79 Å². The van der Waals surface area contributed by atoms with E-state index in [1.165, 1.54) is 12.8 Å². The molecule has 16 heavy (non-hydrogen) atoms. The van der Waals surface area contributed by atoms with Crippen molar-refractivity contribution < 1.29 is 13.9 Å². The van der Waals surface area contributed by atoms with E-state index in [9.17, 15) is 4.79 Å². The molecular formula is C13H20O3. The molecule has 0 aliphatic rings. The molecule has 0 fully saturated rings. The maximum absolute atomic E-state index is 11.3. The fourth-order valence-corrected chi connectivity index (χ4v) is 1.47. The van der Waals surface area contributed by atoms with Crippen LogP contribution in [0.5, 0.6) is 0 Å². The molecule has 90 valence electrons. The van der Waals surface area contributed by atoms with E-state index in [-0.39, 0.29) is 5.97 Å². The van der Waals surface area contributed by atoms with Crippen LogP contribution in [0.15, 0.2) is 22.8 Å². The van der Waals surface area contributed by atoms with E-state index in [1.54, 1.807) is 6.26 Å². The minimum Gasteiger partial charge on any atom is -0.469 e. The van der Waals surface area contributed by atoms with Gasteiger partial charge in [-0.2, -0.15) is 0 Å². The first-order chi connectivity index (χ1) is 7.83. The van der Waals surface area contributed by atoms with Gasteiger partial charge in [0.05, 0.1) is 19.3 Å². The number of carbonyl (C=O) groups excluding carboxylic acids is 1. The smallest absolute Gasteiger partial charge is 0.306 e. The highest BCUT2D eigenvalue weighted by atomic mass is 16.5. The van der Waals surface area contributed by atoms with Crippen molar-refractivity contribution in [3.8, 4) is 0 Å². The van der Waals surface area contributed by atoms with Crippen LogP contribution in [0.4, 0.5) is 0 Å². The number of hydrogen-bond donors (Lipinski definition) is 0. The summed E-state index contributed by atoms with van der Waals surface area (Å²) in [6.07, 6.45) is 7.17. The number of furan rings is 1. The molecule has 0 atom stereocenters. The summed E-state index contributed by atoms with van der Waals surface area (Å²) in [4.78, 5) is 11.3. The zero-order chi connectivity index (χ0) is 11.6. The minimum atomic E-state index is -0.132. The largest absolute Gasteiger partial charge is 0.469 e. The van der Waals surface area contributed by atoms with Crippen molar-refractivity contribution in [2.45, 2.75) is 45.4 Å². The molecule has 3 heteroatoms. The molecule has 1 aromatic rings. The Morgan fingerprint density at radius 2 is 2.25 bits per heavy atom. The quantitative estimate of drug-likeness (QED) is 0.502. The van der Waals surface area contributed by atoms with Crippen molar-refractivity contribution in [3.63, 3.8) is 0 Å². The van der Waals surface area contributed by atoms with Crippen LogP contribution in [0.25, 0.3) is 0 Å². The maximum Gasteiger partial charge on any atom is 0.306 e. The van der Waals surface area contributed by atoms with E-state index < -0.39 is 0 Å². The SMILES string of the molecule is CCCCCCOC(=O)CCc1ccco1. The molecule has 0 N–H and O–H groups in total. The molecule has 1 heterocycles. The first-order valence-corrected chi connectivity index (χ1v) is 6.01. The third-order valence-electron chi connectivity index (χ3n) is 2.42. The molecule has 0 aliphatic heterocycles.